The lowest BCUT2D eigenvalue weighted by atomic mass is 10.1. The van der Waals surface area contributed by atoms with Crippen molar-refractivity contribution in [2.75, 3.05) is 32.9 Å². The average Bonchev–Trinajstić information content (AvgIpc) is 2.86. The molecule has 3 aromatic rings. The van der Waals surface area contributed by atoms with E-state index in [1.807, 2.05) is 49.9 Å². The molecule has 0 bridgehead atoms. The van der Waals surface area contributed by atoms with Gasteiger partial charge in [-0.05, 0) is 39.0 Å². The summed E-state index contributed by atoms with van der Waals surface area (Å²) in [4.78, 5) is 15.2. The van der Waals surface area contributed by atoms with Crippen LogP contribution in [0.5, 0.6) is 23.1 Å². The van der Waals surface area contributed by atoms with Crippen LogP contribution >= 0.6 is 0 Å². The maximum absolute atomic E-state index is 13.3. The second kappa shape index (κ2) is 11.0. The molecule has 180 valence electrons. The molecular formula is C26H31N3O5. The quantitative estimate of drug-likeness (QED) is 0.460. The number of fused-ring (bicyclic) bond motifs is 1. The highest BCUT2D eigenvalue weighted by atomic mass is 16.5. The third kappa shape index (κ3) is 5.16. The predicted octanol–water partition coefficient (Wildman–Crippen LogP) is 4.51. The normalized spacial score (nSPS) is 14.1. The van der Waals surface area contributed by atoms with Crippen molar-refractivity contribution < 1.29 is 23.7 Å². The molecule has 1 saturated heterocycles. The fourth-order valence-electron chi connectivity index (χ4n) is 4.12. The Morgan fingerprint density at radius 1 is 0.971 bits per heavy atom. The summed E-state index contributed by atoms with van der Waals surface area (Å²) in [6.07, 6.45) is 3.13. The predicted molar refractivity (Wildman–Crippen MR) is 129 cm³/mol. The van der Waals surface area contributed by atoms with Crippen molar-refractivity contribution in [1.82, 2.24) is 15.1 Å². The Hall–Kier alpha value is -3.55. The van der Waals surface area contributed by atoms with Crippen LogP contribution in [-0.2, 0) is 0 Å². The van der Waals surface area contributed by atoms with Gasteiger partial charge in [-0.15, -0.1) is 5.10 Å². The zero-order chi connectivity index (χ0) is 23.9. The largest absolute Gasteiger partial charge is 0.490 e. The van der Waals surface area contributed by atoms with Crippen LogP contribution < -0.4 is 18.9 Å². The van der Waals surface area contributed by atoms with Gasteiger partial charge in [0.2, 0.25) is 11.6 Å². The Balaban J connectivity index is 1.46. The number of likely N-dealkylation sites (tertiary alicyclic amines) is 1. The van der Waals surface area contributed by atoms with Crippen LogP contribution in [0.4, 0.5) is 0 Å². The average molecular weight is 466 g/mol. The van der Waals surface area contributed by atoms with E-state index in [-0.39, 0.29) is 12.0 Å². The number of benzene rings is 2. The van der Waals surface area contributed by atoms with Gasteiger partial charge in [-0.2, -0.15) is 5.10 Å². The monoisotopic (exact) mass is 465 g/mol. The Labute approximate surface area is 199 Å². The first-order chi connectivity index (χ1) is 16.6. The van der Waals surface area contributed by atoms with Crippen LogP contribution in [0.15, 0.2) is 42.6 Å². The van der Waals surface area contributed by atoms with Crippen LogP contribution in [0.1, 0.15) is 44.0 Å². The van der Waals surface area contributed by atoms with Crippen molar-refractivity contribution >= 4 is 16.7 Å². The van der Waals surface area contributed by atoms with Gasteiger partial charge >= 0.3 is 0 Å². The lowest BCUT2D eigenvalue weighted by molar-refractivity contribution is 0.0588. The van der Waals surface area contributed by atoms with Gasteiger partial charge < -0.3 is 23.8 Å². The van der Waals surface area contributed by atoms with Crippen LogP contribution in [0.3, 0.4) is 0 Å². The van der Waals surface area contributed by atoms with Crippen molar-refractivity contribution in [2.45, 2.75) is 39.7 Å². The van der Waals surface area contributed by atoms with Gasteiger partial charge in [0.1, 0.15) is 6.10 Å². The molecule has 0 radical (unpaired) electrons. The minimum absolute atomic E-state index is 0.0255. The standard InChI is InChI=1S/C26H31N3O5/c1-4-31-22-15-19(16-23(32-5-2)24(22)33-6-3)26(30)29-13-11-20(12-14-29)34-25-21-10-8-7-9-18(21)17-27-28-25/h7-10,15-17,20H,4-6,11-14H2,1-3H3. The molecule has 8 heteroatoms. The van der Waals surface area contributed by atoms with Crippen LogP contribution in [-0.4, -0.2) is 60.0 Å². The maximum Gasteiger partial charge on any atom is 0.254 e. The molecule has 0 N–H and O–H groups in total. The second-order valence-corrected chi connectivity index (χ2v) is 7.95. The first-order valence-electron chi connectivity index (χ1n) is 11.9. The van der Waals surface area contributed by atoms with E-state index in [2.05, 4.69) is 10.2 Å². The van der Waals surface area contributed by atoms with E-state index in [4.69, 9.17) is 18.9 Å². The van der Waals surface area contributed by atoms with E-state index < -0.39 is 0 Å². The summed E-state index contributed by atoms with van der Waals surface area (Å²) in [6, 6.07) is 11.4. The summed E-state index contributed by atoms with van der Waals surface area (Å²) in [5.41, 5.74) is 0.523. The smallest absolute Gasteiger partial charge is 0.254 e. The van der Waals surface area contributed by atoms with E-state index in [0.29, 0.717) is 74.4 Å². The van der Waals surface area contributed by atoms with Crippen molar-refractivity contribution in [2.24, 2.45) is 0 Å². The number of amides is 1. The Kier molecular flexibility index (Phi) is 7.67. The number of carbonyl (C=O) groups excluding carboxylic acids is 1. The first kappa shape index (κ1) is 23.6. The van der Waals surface area contributed by atoms with Gasteiger partial charge in [0.25, 0.3) is 5.91 Å². The summed E-state index contributed by atoms with van der Waals surface area (Å²) >= 11 is 0. The van der Waals surface area contributed by atoms with Gasteiger partial charge in [-0.25, -0.2) is 0 Å². The number of carbonyl (C=O) groups is 1. The Morgan fingerprint density at radius 3 is 2.26 bits per heavy atom. The summed E-state index contributed by atoms with van der Waals surface area (Å²) in [7, 11) is 0. The molecule has 8 nitrogen and oxygen atoms in total. The van der Waals surface area contributed by atoms with Crippen molar-refractivity contribution in [1.29, 1.82) is 0 Å². The number of piperidine rings is 1. The van der Waals surface area contributed by atoms with Crippen molar-refractivity contribution in [3.8, 4) is 23.1 Å². The third-order valence-corrected chi connectivity index (χ3v) is 5.70. The molecule has 0 unspecified atom stereocenters. The number of aromatic nitrogens is 2. The van der Waals surface area contributed by atoms with E-state index >= 15 is 0 Å². The zero-order valence-electron chi connectivity index (χ0n) is 20.0. The summed E-state index contributed by atoms with van der Waals surface area (Å²) in [5.74, 6) is 2.05. The highest BCUT2D eigenvalue weighted by Crippen LogP contribution is 2.39. The fraction of sp³-hybridized carbons (Fsp3) is 0.423. The molecule has 4 rings (SSSR count). The maximum atomic E-state index is 13.3. The van der Waals surface area contributed by atoms with Gasteiger partial charge in [-0.1, -0.05) is 18.2 Å². The minimum atomic E-state index is -0.0617. The first-order valence-corrected chi connectivity index (χ1v) is 11.9. The number of ether oxygens (including phenoxy) is 4. The van der Waals surface area contributed by atoms with Gasteiger partial charge in [0.15, 0.2) is 11.5 Å². The molecule has 1 amide bonds. The summed E-state index contributed by atoms with van der Waals surface area (Å²) < 4.78 is 23.5. The highest BCUT2D eigenvalue weighted by Gasteiger charge is 2.27. The molecule has 0 atom stereocenters. The minimum Gasteiger partial charge on any atom is -0.490 e. The van der Waals surface area contributed by atoms with E-state index in [0.717, 1.165) is 10.8 Å². The molecule has 1 aliphatic rings. The SMILES string of the molecule is CCOc1cc(C(=O)N2CCC(Oc3nncc4ccccc34)CC2)cc(OCC)c1OCC. The molecular weight excluding hydrogens is 434 g/mol. The van der Waals surface area contributed by atoms with Crippen LogP contribution in [0.25, 0.3) is 10.8 Å². The molecule has 1 aliphatic heterocycles. The van der Waals surface area contributed by atoms with E-state index in [1.165, 1.54) is 0 Å². The second-order valence-electron chi connectivity index (χ2n) is 7.95. The zero-order valence-corrected chi connectivity index (χ0v) is 20.0. The lowest BCUT2D eigenvalue weighted by Gasteiger charge is -2.32. The number of hydrogen-bond donors (Lipinski definition) is 0. The number of hydrogen-bond acceptors (Lipinski definition) is 7. The number of rotatable bonds is 9. The Morgan fingerprint density at radius 2 is 1.62 bits per heavy atom. The van der Waals surface area contributed by atoms with E-state index in [9.17, 15) is 4.79 Å². The van der Waals surface area contributed by atoms with Gasteiger partial charge in [0.05, 0.1) is 26.0 Å². The topological polar surface area (TPSA) is 83.0 Å². The molecule has 0 aliphatic carbocycles. The molecule has 1 aromatic heterocycles. The fourth-order valence-corrected chi connectivity index (χ4v) is 4.12. The molecule has 2 heterocycles. The lowest BCUT2D eigenvalue weighted by Crippen LogP contribution is -2.41. The highest BCUT2D eigenvalue weighted by molar-refractivity contribution is 5.95. The summed E-state index contributed by atoms with van der Waals surface area (Å²) in [5, 5.41) is 10.2. The Bertz CT molecular complexity index is 1100. The third-order valence-electron chi connectivity index (χ3n) is 5.70. The van der Waals surface area contributed by atoms with Crippen LogP contribution in [0, 0.1) is 0 Å². The molecule has 1 fully saturated rings. The summed E-state index contributed by atoms with van der Waals surface area (Å²) in [6.45, 7) is 8.27. The van der Waals surface area contributed by atoms with Crippen molar-refractivity contribution in [3.63, 3.8) is 0 Å². The van der Waals surface area contributed by atoms with Gasteiger partial charge in [0, 0.05) is 42.3 Å². The van der Waals surface area contributed by atoms with Crippen LogP contribution in [0.2, 0.25) is 0 Å². The number of nitrogens with zero attached hydrogens (tertiary/aromatic N) is 3. The van der Waals surface area contributed by atoms with Gasteiger partial charge in [-0.3, -0.25) is 4.79 Å². The molecule has 34 heavy (non-hydrogen) atoms. The molecule has 2 aromatic carbocycles. The molecule has 0 spiro atoms. The van der Waals surface area contributed by atoms with Crippen molar-refractivity contribution in [3.05, 3.63) is 48.2 Å². The molecule has 0 saturated carbocycles. The van der Waals surface area contributed by atoms with E-state index in [1.54, 1.807) is 18.3 Å².